The summed E-state index contributed by atoms with van der Waals surface area (Å²) in [5.74, 6) is -2.47. The number of ether oxygens (including phenoxy) is 2. The zero-order chi connectivity index (χ0) is 33.4. The van der Waals surface area contributed by atoms with Crippen LogP contribution in [0.25, 0.3) is 0 Å². The fourth-order valence-corrected chi connectivity index (χ4v) is 6.96. The Kier molecular flexibility index (Phi) is 14.6. The maximum atomic E-state index is 14.7. The van der Waals surface area contributed by atoms with Crippen molar-refractivity contribution in [1.29, 1.82) is 0 Å². The van der Waals surface area contributed by atoms with Crippen molar-refractivity contribution in [3.05, 3.63) is 35.9 Å². The molecule has 1 aromatic carbocycles. The zero-order valence-electron chi connectivity index (χ0n) is 28.7. The molecule has 250 valence electrons. The summed E-state index contributed by atoms with van der Waals surface area (Å²) in [6.45, 7) is 14.7. The number of hydrogen-bond donors (Lipinski definition) is 1. The van der Waals surface area contributed by atoms with E-state index in [1.165, 1.54) is 13.8 Å². The molecule has 1 aromatic rings. The lowest BCUT2D eigenvalue weighted by molar-refractivity contribution is -0.145. The number of nitrogens with zero attached hydrogens (tertiary/aromatic N) is 1. The molecule has 1 amide bonds. The number of aliphatic hydroxyl groups excluding tert-OH is 1. The smallest absolute Gasteiger partial charge is 0.225 e. The summed E-state index contributed by atoms with van der Waals surface area (Å²) in [6.07, 6.45) is 0.822. The molecular formula is C36H58FNO6. The van der Waals surface area contributed by atoms with Gasteiger partial charge in [0.15, 0.2) is 0 Å². The average molecular weight is 620 g/mol. The monoisotopic (exact) mass is 619 g/mol. The topological polar surface area (TPSA) is 93.1 Å². The molecule has 1 saturated heterocycles. The second-order valence-electron chi connectivity index (χ2n) is 13.7. The van der Waals surface area contributed by atoms with Crippen molar-refractivity contribution < 1.29 is 33.4 Å². The van der Waals surface area contributed by atoms with Crippen molar-refractivity contribution in [2.24, 2.45) is 35.5 Å². The van der Waals surface area contributed by atoms with Crippen molar-refractivity contribution in [3.8, 4) is 0 Å². The summed E-state index contributed by atoms with van der Waals surface area (Å²) in [7, 11) is 3.15. The molecule has 0 aliphatic carbocycles. The molecule has 1 aliphatic heterocycles. The maximum Gasteiger partial charge on any atom is 0.225 e. The molecule has 0 radical (unpaired) electrons. The van der Waals surface area contributed by atoms with Gasteiger partial charge >= 0.3 is 0 Å². The van der Waals surface area contributed by atoms with E-state index in [-0.39, 0.29) is 54.1 Å². The first-order chi connectivity index (χ1) is 20.6. The molecule has 1 heterocycles. The molecule has 1 N–H and O–H groups in total. The molecule has 1 fully saturated rings. The maximum absolute atomic E-state index is 14.7. The summed E-state index contributed by atoms with van der Waals surface area (Å²) < 4.78 is 26.5. The Bertz CT molecular complexity index is 1060. The van der Waals surface area contributed by atoms with Gasteiger partial charge in [-0.2, -0.15) is 0 Å². The quantitative estimate of drug-likeness (QED) is 0.199. The molecule has 0 saturated carbocycles. The fourth-order valence-electron chi connectivity index (χ4n) is 6.96. The number of carbonyl (C=O) groups is 3. The summed E-state index contributed by atoms with van der Waals surface area (Å²) in [5, 5.41) is 10.8. The number of alkyl halides is 1. The standard InChI is InChI=1S/C36H58FNO6/c1-11-22(2)32(25(5)34(42)26(6)36(7,8)37)30(43-9)21-31(40)38-19-15-18-28(38)35(44-10)24(4)29(39)20-23(3)33(41)27-16-13-12-14-17-27/h12-14,16-17,22-26,28,30,32-33,35,41H,11,15,18-21H2,1-10H3/t22-,23-,24-,25?,26+,28-,30+,32+,33+,35+/m0/s1. The van der Waals surface area contributed by atoms with Crippen molar-refractivity contribution >= 4 is 17.5 Å². The third-order valence-electron chi connectivity index (χ3n) is 10.4. The van der Waals surface area contributed by atoms with Gasteiger partial charge in [-0.25, -0.2) is 4.39 Å². The van der Waals surface area contributed by atoms with E-state index in [2.05, 4.69) is 6.92 Å². The Labute approximate surface area is 265 Å². The molecule has 1 aliphatic rings. The van der Waals surface area contributed by atoms with Gasteiger partial charge in [0.05, 0.1) is 30.8 Å². The predicted octanol–water partition coefficient (Wildman–Crippen LogP) is 6.61. The van der Waals surface area contributed by atoms with E-state index in [0.717, 1.165) is 18.4 Å². The van der Waals surface area contributed by atoms with Crippen LogP contribution in [0.1, 0.15) is 99.2 Å². The van der Waals surface area contributed by atoms with Gasteiger partial charge in [-0.15, -0.1) is 0 Å². The molecule has 7 nitrogen and oxygen atoms in total. The van der Waals surface area contributed by atoms with Gasteiger partial charge in [0, 0.05) is 44.9 Å². The Balaban J connectivity index is 2.19. The largest absolute Gasteiger partial charge is 0.388 e. The van der Waals surface area contributed by atoms with Crippen LogP contribution in [-0.4, -0.2) is 72.2 Å². The second kappa shape index (κ2) is 17.0. The molecule has 2 rings (SSSR count). The Morgan fingerprint density at radius 1 is 0.977 bits per heavy atom. The van der Waals surface area contributed by atoms with Gasteiger partial charge in [0.2, 0.25) is 5.91 Å². The molecular weight excluding hydrogens is 561 g/mol. The summed E-state index contributed by atoms with van der Waals surface area (Å²) in [4.78, 5) is 42.5. The minimum absolute atomic E-state index is 0.0116. The minimum atomic E-state index is -1.65. The van der Waals surface area contributed by atoms with Gasteiger partial charge in [0.25, 0.3) is 0 Å². The van der Waals surface area contributed by atoms with Crippen LogP contribution < -0.4 is 0 Å². The van der Waals surface area contributed by atoms with E-state index in [0.29, 0.717) is 13.0 Å². The number of carbonyl (C=O) groups excluding carboxylic acids is 3. The van der Waals surface area contributed by atoms with Crippen molar-refractivity contribution in [2.45, 2.75) is 118 Å². The summed E-state index contributed by atoms with van der Waals surface area (Å²) in [6, 6.07) is 9.06. The summed E-state index contributed by atoms with van der Waals surface area (Å²) in [5.41, 5.74) is -0.869. The average Bonchev–Trinajstić information content (AvgIpc) is 3.49. The van der Waals surface area contributed by atoms with Crippen molar-refractivity contribution in [3.63, 3.8) is 0 Å². The molecule has 44 heavy (non-hydrogen) atoms. The van der Waals surface area contributed by atoms with Crippen LogP contribution in [-0.2, 0) is 23.9 Å². The lowest BCUT2D eigenvalue weighted by Gasteiger charge is -2.38. The first-order valence-corrected chi connectivity index (χ1v) is 16.4. The van der Waals surface area contributed by atoms with Crippen LogP contribution in [0, 0.1) is 35.5 Å². The zero-order valence-corrected chi connectivity index (χ0v) is 28.7. The van der Waals surface area contributed by atoms with Gasteiger partial charge in [-0.1, -0.05) is 78.3 Å². The second-order valence-corrected chi connectivity index (χ2v) is 13.7. The Morgan fingerprint density at radius 2 is 1.59 bits per heavy atom. The van der Waals surface area contributed by atoms with E-state index in [1.54, 1.807) is 21.1 Å². The van der Waals surface area contributed by atoms with Crippen molar-refractivity contribution in [2.75, 3.05) is 20.8 Å². The van der Waals surface area contributed by atoms with E-state index in [1.807, 2.05) is 62.9 Å². The van der Waals surface area contributed by atoms with Crippen molar-refractivity contribution in [1.82, 2.24) is 4.90 Å². The highest BCUT2D eigenvalue weighted by Gasteiger charge is 2.44. The molecule has 10 atom stereocenters. The number of ketones is 2. The number of hydrogen-bond acceptors (Lipinski definition) is 6. The van der Waals surface area contributed by atoms with Crippen LogP contribution in [0.5, 0.6) is 0 Å². The number of benzene rings is 1. The Morgan fingerprint density at radius 3 is 2.11 bits per heavy atom. The van der Waals surface area contributed by atoms with E-state index in [4.69, 9.17) is 9.47 Å². The normalized spacial score (nSPS) is 21.9. The fraction of sp³-hybridized carbons (Fsp3) is 0.750. The highest BCUT2D eigenvalue weighted by atomic mass is 19.1. The number of halogens is 1. The number of aliphatic hydroxyl groups is 1. The molecule has 0 bridgehead atoms. The third kappa shape index (κ3) is 9.43. The van der Waals surface area contributed by atoms with Crippen LogP contribution in [0.15, 0.2) is 30.3 Å². The van der Waals surface area contributed by atoms with Gasteiger partial charge < -0.3 is 19.5 Å². The van der Waals surface area contributed by atoms with Crippen LogP contribution in [0.2, 0.25) is 0 Å². The van der Waals surface area contributed by atoms with E-state index < -0.39 is 41.7 Å². The predicted molar refractivity (Wildman–Crippen MR) is 172 cm³/mol. The number of Topliss-reactive ketones (excluding diaryl/α,β-unsaturated/α-hetero) is 2. The molecule has 0 aromatic heterocycles. The number of methoxy groups -OCH3 is 2. The Hall–Kier alpha value is -2.16. The van der Waals surface area contributed by atoms with Gasteiger partial charge in [-0.3, -0.25) is 14.4 Å². The molecule has 0 spiro atoms. The number of amides is 1. The molecule has 8 heteroatoms. The summed E-state index contributed by atoms with van der Waals surface area (Å²) >= 11 is 0. The highest BCUT2D eigenvalue weighted by Crippen LogP contribution is 2.36. The first kappa shape index (κ1) is 38.0. The first-order valence-electron chi connectivity index (χ1n) is 16.4. The van der Waals surface area contributed by atoms with Gasteiger partial charge in [-0.05, 0) is 50.0 Å². The van der Waals surface area contributed by atoms with Crippen LogP contribution in [0.4, 0.5) is 4.39 Å². The number of likely N-dealkylation sites (tertiary alicyclic amines) is 1. The lowest BCUT2D eigenvalue weighted by atomic mass is 9.71. The van der Waals surface area contributed by atoms with Crippen LogP contribution in [0.3, 0.4) is 0 Å². The lowest BCUT2D eigenvalue weighted by Crippen LogP contribution is -2.49. The highest BCUT2D eigenvalue weighted by molar-refractivity contribution is 5.84. The van der Waals surface area contributed by atoms with Crippen LogP contribution >= 0.6 is 0 Å². The third-order valence-corrected chi connectivity index (χ3v) is 10.4. The van der Waals surface area contributed by atoms with Gasteiger partial charge in [0.1, 0.15) is 17.2 Å². The number of rotatable bonds is 18. The SMILES string of the molecule is CC[C@H](C)[C@H](C(C)C(=O)[C@@H](C)C(C)(C)F)[C@@H](CC(=O)N1CCC[C@H]1[C@H](OC)[C@@H](C)C(=O)C[C@H](C)[C@@H](O)c1ccccc1)OC. The van der Waals surface area contributed by atoms with E-state index >= 15 is 0 Å². The van der Waals surface area contributed by atoms with E-state index in [9.17, 15) is 23.9 Å². The minimum Gasteiger partial charge on any atom is -0.388 e. The molecule has 1 unspecified atom stereocenters.